The van der Waals surface area contributed by atoms with Crippen LogP contribution in [0.3, 0.4) is 0 Å². The lowest BCUT2D eigenvalue weighted by atomic mass is 10.2. The van der Waals surface area contributed by atoms with Crippen LogP contribution in [0.15, 0.2) is 30.5 Å². The van der Waals surface area contributed by atoms with Crippen molar-refractivity contribution in [1.29, 1.82) is 0 Å². The van der Waals surface area contributed by atoms with Gasteiger partial charge in [0.2, 0.25) is 0 Å². The van der Waals surface area contributed by atoms with Gasteiger partial charge in [0.25, 0.3) is 5.88 Å². The normalized spacial score (nSPS) is 15.9. The van der Waals surface area contributed by atoms with Gasteiger partial charge in [-0.1, -0.05) is 12.1 Å². The van der Waals surface area contributed by atoms with Crippen LogP contribution in [0.4, 0.5) is 0 Å². The number of ether oxygens (including phenoxy) is 1. The van der Waals surface area contributed by atoms with E-state index in [4.69, 9.17) is 4.74 Å². The highest BCUT2D eigenvalue weighted by molar-refractivity contribution is 6.20. The Balaban J connectivity index is 2.24. The molecule has 90 valence electrons. The summed E-state index contributed by atoms with van der Waals surface area (Å²) in [5.41, 5.74) is 2.41. The van der Waals surface area contributed by atoms with Crippen LogP contribution < -0.4 is 4.74 Å². The largest absolute Gasteiger partial charge is 0.401 e. The Bertz CT molecular complexity index is 677. The number of esters is 1. The number of aromatic nitrogens is 2. The lowest BCUT2D eigenvalue weighted by Crippen LogP contribution is -2.07. The summed E-state index contributed by atoms with van der Waals surface area (Å²) in [4.78, 5) is 22.3. The third kappa shape index (κ3) is 1.60. The van der Waals surface area contributed by atoms with E-state index >= 15 is 0 Å². The molecular weight excluding hydrogens is 230 g/mol. The SMILES string of the molecule is CN(C)/C=C1/C(=O)Oc2nc3ccccc3nc21. The zero-order valence-electron chi connectivity index (χ0n) is 10.0. The van der Waals surface area contributed by atoms with Gasteiger partial charge in [-0.05, 0) is 12.1 Å². The molecular formula is C13H11N3O2. The molecule has 5 nitrogen and oxygen atoms in total. The minimum absolute atomic E-state index is 0.284. The van der Waals surface area contributed by atoms with Crippen molar-refractivity contribution in [2.45, 2.75) is 0 Å². The number of hydrogen-bond donors (Lipinski definition) is 0. The van der Waals surface area contributed by atoms with Gasteiger partial charge < -0.3 is 9.64 Å². The first-order valence-electron chi connectivity index (χ1n) is 5.53. The number of hydrogen-bond acceptors (Lipinski definition) is 5. The molecule has 0 saturated carbocycles. The van der Waals surface area contributed by atoms with Crippen molar-refractivity contribution in [2.75, 3.05) is 14.1 Å². The topological polar surface area (TPSA) is 55.3 Å². The van der Waals surface area contributed by atoms with Crippen LogP contribution in [0.5, 0.6) is 5.88 Å². The summed E-state index contributed by atoms with van der Waals surface area (Å²) in [6.45, 7) is 0. The molecule has 1 aliphatic heterocycles. The molecule has 0 atom stereocenters. The average Bonchev–Trinajstić information content (AvgIpc) is 2.62. The van der Waals surface area contributed by atoms with E-state index < -0.39 is 5.97 Å². The molecule has 18 heavy (non-hydrogen) atoms. The molecule has 0 amide bonds. The predicted octanol–water partition coefficient (Wildman–Crippen LogP) is 1.45. The molecule has 0 aliphatic carbocycles. The summed E-state index contributed by atoms with van der Waals surface area (Å²) < 4.78 is 5.12. The highest BCUT2D eigenvalue weighted by Gasteiger charge is 2.30. The zero-order chi connectivity index (χ0) is 12.7. The van der Waals surface area contributed by atoms with Gasteiger partial charge in [-0.2, -0.15) is 0 Å². The molecule has 0 N–H and O–H groups in total. The van der Waals surface area contributed by atoms with Gasteiger partial charge in [-0.25, -0.2) is 14.8 Å². The molecule has 1 aromatic heterocycles. The van der Waals surface area contributed by atoms with Gasteiger partial charge in [0, 0.05) is 20.3 Å². The second kappa shape index (κ2) is 3.80. The number of carbonyl (C=O) groups excluding carboxylic acids is 1. The van der Waals surface area contributed by atoms with Crippen molar-refractivity contribution in [3.05, 3.63) is 36.2 Å². The van der Waals surface area contributed by atoms with E-state index in [1.165, 1.54) is 0 Å². The van der Waals surface area contributed by atoms with Crippen molar-refractivity contribution in [3.63, 3.8) is 0 Å². The maximum Gasteiger partial charge on any atom is 0.348 e. The van der Waals surface area contributed by atoms with E-state index in [0.717, 1.165) is 11.0 Å². The van der Waals surface area contributed by atoms with Gasteiger partial charge in [-0.15, -0.1) is 0 Å². The quantitative estimate of drug-likeness (QED) is 0.558. The first-order valence-corrected chi connectivity index (χ1v) is 5.53. The Morgan fingerprint density at radius 1 is 1.17 bits per heavy atom. The summed E-state index contributed by atoms with van der Waals surface area (Å²) in [6, 6.07) is 7.45. The Labute approximate surface area is 104 Å². The molecule has 3 rings (SSSR count). The van der Waals surface area contributed by atoms with Crippen LogP contribution >= 0.6 is 0 Å². The van der Waals surface area contributed by atoms with Gasteiger partial charge in [0.1, 0.15) is 11.3 Å². The van der Waals surface area contributed by atoms with Crippen molar-refractivity contribution < 1.29 is 9.53 Å². The van der Waals surface area contributed by atoms with Crippen LogP contribution in [0.2, 0.25) is 0 Å². The standard InChI is InChI=1S/C13H11N3O2/c1-16(2)7-8-11-12(18-13(8)17)15-10-6-4-3-5-9(10)14-11/h3-7H,1-2H3/b8-7+. The summed E-state index contributed by atoms with van der Waals surface area (Å²) in [6.07, 6.45) is 1.69. The first-order chi connectivity index (χ1) is 8.65. The highest BCUT2D eigenvalue weighted by Crippen LogP contribution is 2.32. The first kappa shape index (κ1) is 10.7. The van der Waals surface area contributed by atoms with Crippen LogP contribution in [0, 0.1) is 0 Å². The maximum atomic E-state index is 11.7. The van der Waals surface area contributed by atoms with Crippen molar-refractivity contribution in [2.24, 2.45) is 0 Å². The van der Waals surface area contributed by atoms with E-state index in [9.17, 15) is 4.79 Å². The fourth-order valence-corrected chi connectivity index (χ4v) is 1.84. The third-order valence-electron chi connectivity index (χ3n) is 2.59. The highest BCUT2D eigenvalue weighted by atomic mass is 16.5. The Morgan fingerprint density at radius 2 is 1.83 bits per heavy atom. The van der Waals surface area contributed by atoms with Gasteiger partial charge >= 0.3 is 5.97 Å². The van der Waals surface area contributed by atoms with Crippen molar-refractivity contribution in [3.8, 4) is 5.88 Å². The van der Waals surface area contributed by atoms with E-state index in [2.05, 4.69) is 9.97 Å². The molecule has 0 bridgehead atoms. The lowest BCUT2D eigenvalue weighted by molar-refractivity contribution is -0.127. The number of para-hydroxylation sites is 2. The van der Waals surface area contributed by atoms with Crippen LogP contribution in [-0.2, 0) is 4.79 Å². The van der Waals surface area contributed by atoms with E-state index in [1.807, 2.05) is 38.4 Å². The molecule has 0 saturated heterocycles. The summed E-state index contributed by atoms with van der Waals surface area (Å²) in [5.74, 6) is -0.124. The van der Waals surface area contributed by atoms with Gasteiger partial charge in [0.15, 0.2) is 0 Å². The predicted molar refractivity (Wildman–Crippen MR) is 66.8 cm³/mol. The molecule has 2 aromatic rings. The van der Waals surface area contributed by atoms with Crippen LogP contribution in [-0.4, -0.2) is 34.9 Å². The average molecular weight is 241 g/mol. The molecule has 1 aromatic carbocycles. The molecule has 0 radical (unpaired) electrons. The van der Waals surface area contributed by atoms with Gasteiger partial charge in [-0.3, -0.25) is 0 Å². The van der Waals surface area contributed by atoms with Gasteiger partial charge in [0.05, 0.1) is 11.0 Å². The van der Waals surface area contributed by atoms with Crippen molar-refractivity contribution >= 4 is 22.6 Å². The fraction of sp³-hybridized carbons (Fsp3) is 0.154. The molecule has 2 heterocycles. The Hall–Kier alpha value is -2.43. The smallest absolute Gasteiger partial charge is 0.348 e. The Morgan fingerprint density at radius 3 is 2.50 bits per heavy atom. The molecule has 0 spiro atoms. The van der Waals surface area contributed by atoms with Crippen LogP contribution in [0.25, 0.3) is 16.6 Å². The number of carbonyl (C=O) groups is 1. The Kier molecular flexibility index (Phi) is 2.26. The molecule has 5 heteroatoms. The van der Waals surface area contributed by atoms with E-state index in [-0.39, 0.29) is 5.88 Å². The van der Waals surface area contributed by atoms with Crippen molar-refractivity contribution in [1.82, 2.24) is 14.9 Å². The third-order valence-corrected chi connectivity index (χ3v) is 2.59. The zero-order valence-corrected chi connectivity index (χ0v) is 10.0. The maximum absolute atomic E-state index is 11.7. The number of rotatable bonds is 1. The lowest BCUT2D eigenvalue weighted by Gasteiger charge is -2.04. The van der Waals surface area contributed by atoms with Crippen LogP contribution in [0.1, 0.15) is 5.69 Å². The minimum Gasteiger partial charge on any atom is -0.401 e. The summed E-state index contributed by atoms with van der Waals surface area (Å²) in [7, 11) is 3.68. The van der Waals surface area contributed by atoms with E-state index in [1.54, 1.807) is 11.1 Å². The second-order valence-corrected chi connectivity index (χ2v) is 4.26. The minimum atomic E-state index is -0.408. The molecule has 0 unspecified atom stereocenters. The number of benzene rings is 1. The fourth-order valence-electron chi connectivity index (χ4n) is 1.84. The summed E-state index contributed by atoms with van der Waals surface area (Å²) in [5, 5.41) is 0. The monoisotopic (exact) mass is 241 g/mol. The molecule has 0 fully saturated rings. The van der Waals surface area contributed by atoms with E-state index in [0.29, 0.717) is 11.3 Å². The number of nitrogens with zero attached hydrogens (tertiary/aromatic N) is 3. The molecule has 1 aliphatic rings. The number of fused-ring (bicyclic) bond motifs is 2. The summed E-state index contributed by atoms with van der Waals surface area (Å²) >= 11 is 0. The second-order valence-electron chi connectivity index (χ2n) is 4.26.